The Kier molecular flexibility index (Phi) is 8.62. The van der Waals surface area contributed by atoms with E-state index in [4.69, 9.17) is 4.98 Å². The number of hydrogen-bond acceptors (Lipinski definition) is 6. The van der Waals surface area contributed by atoms with E-state index in [1.807, 2.05) is 81.8 Å². The molecule has 0 radical (unpaired) electrons. The molecule has 9 heteroatoms. The smallest absolute Gasteiger partial charge is 0.258 e. The quantitative estimate of drug-likeness (QED) is 0.218. The molecule has 0 aliphatic carbocycles. The summed E-state index contributed by atoms with van der Waals surface area (Å²) in [4.78, 5) is 39.8. The molecule has 3 aromatic carbocycles. The van der Waals surface area contributed by atoms with E-state index in [2.05, 4.69) is 41.4 Å². The third kappa shape index (κ3) is 6.68. The number of nitrogens with one attached hydrogen (secondary N) is 1. The van der Waals surface area contributed by atoms with E-state index in [0.29, 0.717) is 36.8 Å². The molecule has 0 atom stereocenters. The predicted molar refractivity (Wildman–Crippen MR) is 173 cm³/mol. The van der Waals surface area contributed by atoms with Gasteiger partial charge in [0.05, 0.1) is 21.4 Å². The van der Waals surface area contributed by atoms with Crippen molar-refractivity contribution in [2.75, 3.05) is 32.5 Å². The maximum atomic E-state index is 13.5. The summed E-state index contributed by atoms with van der Waals surface area (Å²) in [5.41, 5.74) is 7.04. The van der Waals surface area contributed by atoms with Gasteiger partial charge < -0.3 is 9.80 Å². The molecular weight excluding hydrogens is 556 g/mol. The van der Waals surface area contributed by atoms with E-state index >= 15 is 0 Å². The highest BCUT2D eigenvalue weighted by Gasteiger charge is 2.23. The molecule has 2 aromatic heterocycles. The van der Waals surface area contributed by atoms with Crippen LogP contribution in [0.3, 0.4) is 0 Å². The average molecular weight is 593 g/mol. The zero-order chi connectivity index (χ0) is 29.8. The Hall–Kier alpha value is -4.34. The van der Waals surface area contributed by atoms with Gasteiger partial charge in [-0.1, -0.05) is 36.4 Å². The number of amides is 2. The maximum absolute atomic E-state index is 13.5. The van der Waals surface area contributed by atoms with Crippen molar-refractivity contribution in [2.45, 2.75) is 38.1 Å². The number of anilines is 1. The first-order valence-electron chi connectivity index (χ1n) is 14.8. The minimum atomic E-state index is -0.234. The van der Waals surface area contributed by atoms with Gasteiger partial charge in [-0.25, -0.2) is 9.97 Å². The van der Waals surface area contributed by atoms with Crippen LogP contribution >= 0.6 is 11.3 Å². The standard InChI is InChI=1S/C34H36N6O2S/c1-38(2)28-16-18-39(19-17-28)32(41)13-7-10-27-22-40(29-11-4-3-5-12-29)34(36-27)37-33(42)26-9-6-8-24(20-26)25-14-15-31-30(21-25)35-23-43-31/h3-6,8-9,11-12,14-15,20-23,28H,7,10,13,16-19H2,1-2H3,(H,36,37,42). The first-order valence-corrected chi connectivity index (χ1v) is 15.7. The van der Waals surface area contributed by atoms with Crippen molar-refractivity contribution in [3.63, 3.8) is 0 Å². The zero-order valence-corrected chi connectivity index (χ0v) is 25.4. The van der Waals surface area contributed by atoms with Crippen molar-refractivity contribution < 1.29 is 9.59 Å². The molecule has 2 amide bonds. The largest absolute Gasteiger partial charge is 0.343 e. The molecular formula is C34H36N6O2S. The van der Waals surface area contributed by atoms with Crippen LogP contribution in [0, 0.1) is 0 Å². The molecule has 0 spiro atoms. The third-order valence-electron chi connectivity index (χ3n) is 8.18. The Morgan fingerprint density at radius 3 is 2.56 bits per heavy atom. The molecule has 1 fully saturated rings. The average Bonchev–Trinajstić information content (AvgIpc) is 3.68. The van der Waals surface area contributed by atoms with Gasteiger partial charge in [0.25, 0.3) is 5.91 Å². The zero-order valence-electron chi connectivity index (χ0n) is 24.6. The summed E-state index contributed by atoms with van der Waals surface area (Å²) in [5, 5.41) is 3.04. The number of aromatic nitrogens is 3. The van der Waals surface area contributed by atoms with Crippen molar-refractivity contribution in [3.05, 3.63) is 95.8 Å². The van der Waals surface area contributed by atoms with Gasteiger partial charge in [0.15, 0.2) is 0 Å². The van der Waals surface area contributed by atoms with Gasteiger partial charge in [0, 0.05) is 43.0 Å². The summed E-state index contributed by atoms with van der Waals surface area (Å²) in [7, 11) is 4.21. The van der Waals surface area contributed by atoms with E-state index in [0.717, 1.165) is 58.7 Å². The van der Waals surface area contributed by atoms with E-state index in [-0.39, 0.29) is 11.8 Å². The van der Waals surface area contributed by atoms with Gasteiger partial charge in [-0.3, -0.25) is 19.5 Å². The number of fused-ring (bicyclic) bond motifs is 1. The highest BCUT2D eigenvalue weighted by molar-refractivity contribution is 7.16. The summed E-state index contributed by atoms with van der Waals surface area (Å²) < 4.78 is 3.04. The summed E-state index contributed by atoms with van der Waals surface area (Å²) in [6.07, 6.45) is 5.85. The second-order valence-corrected chi connectivity index (χ2v) is 12.1. The van der Waals surface area contributed by atoms with Gasteiger partial charge in [-0.2, -0.15) is 0 Å². The molecule has 1 saturated heterocycles. The molecule has 6 rings (SSSR count). The number of carbonyl (C=O) groups excluding carboxylic acids is 2. The SMILES string of the molecule is CN(C)C1CCN(C(=O)CCCc2cn(-c3ccccc3)c(NC(=O)c3cccc(-c4ccc5scnc5c4)c3)n2)CC1. The van der Waals surface area contributed by atoms with Crippen LogP contribution in [-0.2, 0) is 11.2 Å². The van der Waals surface area contributed by atoms with Crippen molar-refractivity contribution in [2.24, 2.45) is 0 Å². The lowest BCUT2D eigenvalue weighted by molar-refractivity contribution is -0.132. The van der Waals surface area contributed by atoms with Crippen LogP contribution in [0.2, 0.25) is 0 Å². The summed E-state index contributed by atoms with van der Waals surface area (Å²) >= 11 is 1.61. The summed E-state index contributed by atoms with van der Waals surface area (Å²) in [5.74, 6) is 0.432. The number of rotatable bonds is 9. The molecule has 3 heterocycles. The number of imidazole rings is 1. The number of piperidine rings is 1. The normalized spacial score (nSPS) is 14.0. The Labute approximate surface area is 256 Å². The maximum Gasteiger partial charge on any atom is 0.258 e. The van der Waals surface area contributed by atoms with Gasteiger partial charge >= 0.3 is 0 Å². The van der Waals surface area contributed by atoms with E-state index < -0.39 is 0 Å². The number of aryl methyl sites for hydroxylation is 1. The minimum Gasteiger partial charge on any atom is -0.343 e. The molecule has 8 nitrogen and oxygen atoms in total. The number of hydrogen-bond donors (Lipinski definition) is 1. The lowest BCUT2D eigenvalue weighted by Crippen LogP contribution is -2.44. The number of likely N-dealkylation sites (tertiary alicyclic amines) is 1. The molecule has 0 bridgehead atoms. The van der Waals surface area contributed by atoms with E-state index in [1.165, 1.54) is 0 Å². The molecule has 1 N–H and O–H groups in total. The van der Waals surface area contributed by atoms with Gasteiger partial charge in [0.2, 0.25) is 11.9 Å². The highest BCUT2D eigenvalue weighted by Crippen LogP contribution is 2.27. The van der Waals surface area contributed by atoms with E-state index in [9.17, 15) is 9.59 Å². The van der Waals surface area contributed by atoms with Gasteiger partial charge in [-0.15, -0.1) is 11.3 Å². The highest BCUT2D eigenvalue weighted by atomic mass is 32.1. The van der Waals surface area contributed by atoms with Crippen LogP contribution in [0.5, 0.6) is 0 Å². The molecule has 0 saturated carbocycles. The number of carbonyl (C=O) groups is 2. The fourth-order valence-corrected chi connectivity index (χ4v) is 6.34. The Balaban J connectivity index is 1.14. The predicted octanol–water partition coefficient (Wildman–Crippen LogP) is 6.28. The topological polar surface area (TPSA) is 83.4 Å². The second-order valence-electron chi connectivity index (χ2n) is 11.3. The summed E-state index contributed by atoms with van der Waals surface area (Å²) in [6, 6.07) is 24.2. The Morgan fingerprint density at radius 2 is 1.77 bits per heavy atom. The lowest BCUT2D eigenvalue weighted by Gasteiger charge is -2.35. The minimum absolute atomic E-state index is 0.210. The van der Waals surface area contributed by atoms with Crippen molar-refractivity contribution >= 4 is 39.3 Å². The molecule has 220 valence electrons. The Morgan fingerprint density at radius 1 is 0.977 bits per heavy atom. The van der Waals surface area contributed by atoms with E-state index in [1.54, 1.807) is 11.3 Å². The number of benzene rings is 3. The fourth-order valence-electron chi connectivity index (χ4n) is 5.68. The monoisotopic (exact) mass is 592 g/mol. The van der Waals surface area contributed by atoms with Gasteiger partial charge in [0.1, 0.15) is 0 Å². The van der Waals surface area contributed by atoms with Crippen LogP contribution in [0.1, 0.15) is 41.7 Å². The number of thiazole rings is 1. The Bertz CT molecular complexity index is 1720. The van der Waals surface area contributed by atoms with Crippen molar-refractivity contribution in [1.29, 1.82) is 0 Å². The van der Waals surface area contributed by atoms with Crippen LogP contribution in [0.15, 0.2) is 84.5 Å². The van der Waals surface area contributed by atoms with Crippen molar-refractivity contribution in [1.82, 2.24) is 24.3 Å². The number of nitrogens with zero attached hydrogens (tertiary/aromatic N) is 5. The first-order chi connectivity index (χ1) is 20.9. The van der Waals surface area contributed by atoms with Crippen LogP contribution in [0.4, 0.5) is 5.95 Å². The lowest BCUT2D eigenvalue weighted by atomic mass is 10.0. The third-order valence-corrected chi connectivity index (χ3v) is 8.99. The van der Waals surface area contributed by atoms with Crippen LogP contribution in [0.25, 0.3) is 27.0 Å². The second kappa shape index (κ2) is 12.9. The first kappa shape index (κ1) is 28.8. The fraction of sp³-hybridized carbons (Fsp3) is 0.294. The van der Waals surface area contributed by atoms with Gasteiger partial charge in [-0.05, 0) is 87.3 Å². The molecule has 1 aliphatic heterocycles. The molecule has 0 unspecified atom stereocenters. The number of para-hydroxylation sites is 1. The van der Waals surface area contributed by atoms with Crippen LogP contribution in [-0.4, -0.2) is 69.4 Å². The van der Waals surface area contributed by atoms with Crippen molar-refractivity contribution in [3.8, 4) is 16.8 Å². The molecule has 1 aliphatic rings. The summed E-state index contributed by atoms with van der Waals surface area (Å²) in [6.45, 7) is 1.64. The molecule has 43 heavy (non-hydrogen) atoms. The van der Waals surface area contributed by atoms with Crippen LogP contribution < -0.4 is 5.32 Å². The molecule has 5 aromatic rings.